The molecule has 0 atom stereocenters. The molecule has 0 aromatic heterocycles. The van der Waals surface area contributed by atoms with Gasteiger partial charge in [0.1, 0.15) is 11.6 Å². The summed E-state index contributed by atoms with van der Waals surface area (Å²) in [5, 5.41) is 2.71. The predicted molar refractivity (Wildman–Crippen MR) is 94.0 cm³/mol. The number of hydrogen-bond acceptors (Lipinski definition) is 3. The molecule has 0 aliphatic heterocycles. The normalized spacial score (nSPS) is 10.2. The Kier molecular flexibility index (Phi) is 6.95. The highest BCUT2D eigenvalue weighted by Gasteiger charge is 2.15. The van der Waals surface area contributed by atoms with Crippen molar-refractivity contribution in [2.24, 2.45) is 0 Å². The minimum Gasteiger partial charge on any atom is -0.493 e. The van der Waals surface area contributed by atoms with Crippen LogP contribution in [-0.2, 0) is 9.59 Å². The summed E-state index contributed by atoms with van der Waals surface area (Å²) in [6.07, 6.45) is 0.203. The summed E-state index contributed by atoms with van der Waals surface area (Å²) in [5.74, 6) is -0.238. The number of hydrogen-bond donors (Lipinski definition) is 1. The van der Waals surface area contributed by atoms with Crippen LogP contribution in [0.15, 0.2) is 54.6 Å². The van der Waals surface area contributed by atoms with Crippen molar-refractivity contribution in [1.82, 2.24) is 5.32 Å². The molecule has 132 valence electrons. The van der Waals surface area contributed by atoms with E-state index in [0.717, 1.165) is 0 Å². The zero-order chi connectivity index (χ0) is 18.1. The van der Waals surface area contributed by atoms with E-state index in [1.807, 2.05) is 30.3 Å². The first kappa shape index (κ1) is 18.4. The van der Waals surface area contributed by atoms with E-state index in [1.54, 1.807) is 12.1 Å². The van der Waals surface area contributed by atoms with E-state index in [-0.39, 0.29) is 43.6 Å². The fourth-order valence-electron chi connectivity index (χ4n) is 2.29. The Hall–Kier alpha value is -2.89. The van der Waals surface area contributed by atoms with Crippen molar-refractivity contribution in [1.29, 1.82) is 0 Å². The standard InChI is InChI=1S/C19H21FN2O3/c1-15(23)22(18-10-6-5-9-17(18)20)13-12-21-19(24)11-14-25-16-7-3-2-4-8-16/h2-10H,11-14H2,1H3,(H,21,24). The van der Waals surface area contributed by atoms with Crippen molar-refractivity contribution in [2.75, 3.05) is 24.6 Å². The quantitative estimate of drug-likeness (QED) is 0.801. The van der Waals surface area contributed by atoms with Gasteiger partial charge in [0.25, 0.3) is 0 Å². The lowest BCUT2D eigenvalue weighted by molar-refractivity contribution is -0.122. The minimum absolute atomic E-state index is 0.187. The lowest BCUT2D eigenvalue weighted by Crippen LogP contribution is -2.38. The van der Waals surface area contributed by atoms with Crippen LogP contribution < -0.4 is 15.0 Å². The number of benzene rings is 2. The monoisotopic (exact) mass is 344 g/mol. The van der Waals surface area contributed by atoms with Gasteiger partial charge in [-0.15, -0.1) is 0 Å². The van der Waals surface area contributed by atoms with Crippen molar-refractivity contribution < 1.29 is 18.7 Å². The van der Waals surface area contributed by atoms with Gasteiger partial charge in [-0.1, -0.05) is 30.3 Å². The lowest BCUT2D eigenvalue weighted by Gasteiger charge is -2.21. The average molecular weight is 344 g/mol. The molecule has 2 aromatic rings. The Morgan fingerprint density at radius 2 is 1.76 bits per heavy atom. The largest absolute Gasteiger partial charge is 0.493 e. The maximum Gasteiger partial charge on any atom is 0.224 e. The van der Waals surface area contributed by atoms with Crippen LogP contribution in [0.2, 0.25) is 0 Å². The molecule has 2 amide bonds. The molecule has 5 nitrogen and oxygen atoms in total. The fourth-order valence-corrected chi connectivity index (χ4v) is 2.29. The van der Waals surface area contributed by atoms with E-state index in [9.17, 15) is 14.0 Å². The third-order valence-electron chi connectivity index (χ3n) is 3.52. The molecular formula is C19H21FN2O3. The summed E-state index contributed by atoms with van der Waals surface area (Å²) in [5.41, 5.74) is 0.205. The molecule has 0 radical (unpaired) electrons. The number of amides is 2. The third kappa shape index (κ3) is 5.91. The van der Waals surface area contributed by atoms with Gasteiger partial charge in [-0.2, -0.15) is 0 Å². The Labute approximate surface area is 146 Å². The zero-order valence-electron chi connectivity index (χ0n) is 14.1. The van der Waals surface area contributed by atoms with E-state index in [1.165, 1.54) is 24.0 Å². The first-order valence-corrected chi connectivity index (χ1v) is 8.05. The molecule has 6 heteroatoms. The predicted octanol–water partition coefficient (Wildman–Crippen LogP) is 2.76. The molecular weight excluding hydrogens is 323 g/mol. The van der Waals surface area contributed by atoms with Crippen molar-refractivity contribution in [2.45, 2.75) is 13.3 Å². The van der Waals surface area contributed by atoms with Crippen molar-refractivity contribution in [3.05, 3.63) is 60.4 Å². The summed E-state index contributed by atoms with van der Waals surface area (Å²) in [6.45, 7) is 2.06. The number of carbonyl (C=O) groups excluding carboxylic acids is 2. The third-order valence-corrected chi connectivity index (χ3v) is 3.52. The number of carbonyl (C=O) groups is 2. The first-order valence-electron chi connectivity index (χ1n) is 8.05. The van der Waals surface area contributed by atoms with Gasteiger partial charge in [0.05, 0.1) is 18.7 Å². The maximum absolute atomic E-state index is 13.8. The topological polar surface area (TPSA) is 58.6 Å². The molecule has 2 rings (SSSR count). The number of anilines is 1. The highest BCUT2D eigenvalue weighted by Crippen LogP contribution is 2.18. The van der Waals surface area contributed by atoms with Crippen LogP contribution in [0, 0.1) is 5.82 Å². The van der Waals surface area contributed by atoms with E-state index in [2.05, 4.69) is 5.32 Å². The van der Waals surface area contributed by atoms with E-state index in [0.29, 0.717) is 5.75 Å². The molecule has 0 aliphatic rings. The molecule has 0 unspecified atom stereocenters. The van der Waals surface area contributed by atoms with Crippen LogP contribution in [0.1, 0.15) is 13.3 Å². The van der Waals surface area contributed by atoms with E-state index >= 15 is 0 Å². The smallest absolute Gasteiger partial charge is 0.224 e. The minimum atomic E-state index is -0.472. The zero-order valence-corrected chi connectivity index (χ0v) is 14.1. The maximum atomic E-state index is 13.8. The van der Waals surface area contributed by atoms with Gasteiger partial charge in [0, 0.05) is 20.0 Å². The Balaban J connectivity index is 1.75. The summed E-state index contributed by atoms with van der Waals surface area (Å²) in [4.78, 5) is 24.8. The van der Waals surface area contributed by atoms with Crippen LogP contribution in [-0.4, -0.2) is 31.5 Å². The lowest BCUT2D eigenvalue weighted by atomic mass is 10.2. The Morgan fingerprint density at radius 1 is 1.08 bits per heavy atom. The van der Waals surface area contributed by atoms with Gasteiger partial charge in [-0.25, -0.2) is 4.39 Å². The Bertz CT molecular complexity index is 707. The molecule has 0 heterocycles. The highest BCUT2D eigenvalue weighted by molar-refractivity contribution is 5.91. The van der Waals surface area contributed by atoms with Gasteiger partial charge in [0.2, 0.25) is 11.8 Å². The van der Waals surface area contributed by atoms with Gasteiger partial charge in [-0.3, -0.25) is 9.59 Å². The molecule has 1 N–H and O–H groups in total. The second kappa shape index (κ2) is 9.42. The van der Waals surface area contributed by atoms with Crippen molar-refractivity contribution >= 4 is 17.5 Å². The number of nitrogens with one attached hydrogen (secondary N) is 1. The van der Waals surface area contributed by atoms with Crippen LogP contribution in [0.3, 0.4) is 0 Å². The van der Waals surface area contributed by atoms with E-state index in [4.69, 9.17) is 4.74 Å². The molecule has 0 spiro atoms. The van der Waals surface area contributed by atoms with Gasteiger partial charge in [0.15, 0.2) is 0 Å². The molecule has 0 saturated carbocycles. The first-order chi connectivity index (χ1) is 12.1. The summed E-state index contributed by atoms with van der Waals surface area (Å²) >= 11 is 0. The molecule has 25 heavy (non-hydrogen) atoms. The van der Waals surface area contributed by atoms with Gasteiger partial charge in [-0.05, 0) is 24.3 Å². The van der Waals surface area contributed by atoms with Crippen LogP contribution in [0.25, 0.3) is 0 Å². The number of ether oxygens (including phenoxy) is 1. The fraction of sp³-hybridized carbons (Fsp3) is 0.263. The average Bonchev–Trinajstić information content (AvgIpc) is 2.60. The summed E-state index contributed by atoms with van der Waals surface area (Å²) in [6, 6.07) is 15.3. The van der Waals surface area contributed by atoms with Crippen LogP contribution in [0.4, 0.5) is 10.1 Å². The number of rotatable bonds is 8. The highest BCUT2D eigenvalue weighted by atomic mass is 19.1. The molecule has 0 fully saturated rings. The van der Waals surface area contributed by atoms with E-state index < -0.39 is 5.82 Å². The number of para-hydroxylation sites is 2. The molecule has 0 bridgehead atoms. The van der Waals surface area contributed by atoms with Crippen molar-refractivity contribution in [3.8, 4) is 5.75 Å². The van der Waals surface area contributed by atoms with Crippen molar-refractivity contribution in [3.63, 3.8) is 0 Å². The summed E-state index contributed by atoms with van der Waals surface area (Å²) < 4.78 is 19.3. The molecule has 2 aromatic carbocycles. The molecule has 0 saturated heterocycles. The SMILES string of the molecule is CC(=O)N(CCNC(=O)CCOc1ccccc1)c1ccccc1F. The summed E-state index contributed by atoms with van der Waals surface area (Å²) in [7, 11) is 0. The second-order valence-electron chi connectivity index (χ2n) is 5.38. The number of halogens is 1. The van der Waals surface area contributed by atoms with Crippen LogP contribution in [0.5, 0.6) is 5.75 Å². The number of nitrogens with zero attached hydrogens (tertiary/aromatic N) is 1. The van der Waals surface area contributed by atoms with Crippen LogP contribution >= 0.6 is 0 Å². The molecule has 0 aliphatic carbocycles. The Morgan fingerprint density at radius 3 is 2.44 bits per heavy atom. The van der Waals surface area contributed by atoms with Gasteiger partial charge < -0.3 is 15.0 Å². The van der Waals surface area contributed by atoms with Gasteiger partial charge >= 0.3 is 0 Å². The second-order valence-corrected chi connectivity index (χ2v) is 5.38.